The summed E-state index contributed by atoms with van der Waals surface area (Å²) in [5.41, 5.74) is -0.288. The average molecular weight is 536 g/mol. The van der Waals surface area contributed by atoms with Crippen LogP contribution in [0.25, 0.3) is 11.2 Å². The summed E-state index contributed by atoms with van der Waals surface area (Å²) < 4.78 is 25.7. The molecular formula is C21H22BrN5O7. The zero-order valence-corrected chi connectivity index (χ0v) is 19.8. The predicted molar refractivity (Wildman–Crippen MR) is 121 cm³/mol. The molecule has 180 valence electrons. The number of rotatable bonds is 6. The molecule has 0 unspecified atom stereocenters. The van der Waals surface area contributed by atoms with Crippen LogP contribution in [0.2, 0.25) is 0 Å². The van der Waals surface area contributed by atoms with Crippen molar-refractivity contribution in [3.05, 3.63) is 45.4 Å². The van der Waals surface area contributed by atoms with Crippen molar-refractivity contribution in [3.63, 3.8) is 0 Å². The Balaban J connectivity index is 1.37. The second-order valence-corrected chi connectivity index (χ2v) is 9.26. The first-order valence-corrected chi connectivity index (χ1v) is 11.3. The molecule has 2 aliphatic heterocycles. The molecule has 0 bridgehead atoms. The zero-order valence-electron chi connectivity index (χ0n) is 18.2. The van der Waals surface area contributed by atoms with Gasteiger partial charge in [-0.1, -0.05) is 15.9 Å². The van der Waals surface area contributed by atoms with Crippen LogP contribution in [0.15, 0.2) is 39.9 Å². The lowest BCUT2D eigenvalue weighted by atomic mass is 10.1. The van der Waals surface area contributed by atoms with E-state index in [0.717, 1.165) is 4.47 Å². The van der Waals surface area contributed by atoms with Gasteiger partial charge in [-0.15, -0.1) is 0 Å². The molecule has 4 heterocycles. The van der Waals surface area contributed by atoms with E-state index in [9.17, 15) is 14.7 Å². The number of amides is 1. The van der Waals surface area contributed by atoms with Crippen LogP contribution in [0, 0.1) is 0 Å². The van der Waals surface area contributed by atoms with Gasteiger partial charge in [0.2, 0.25) is 5.95 Å². The fourth-order valence-corrected chi connectivity index (χ4v) is 4.31. The highest BCUT2D eigenvalue weighted by Gasteiger charge is 2.56. The van der Waals surface area contributed by atoms with Crippen LogP contribution in [0.3, 0.4) is 0 Å². The van der Waals surface area contributed by atoms with Gasteiger partial charge < -0.3 is 24.1 Å². The summed E-state index contributed by atoms with van der Waals surface area (Å²) in [6.45, 7) is 3.00. The van der Waals surface area contributed by atoms with Crippen LogP contribution in [0.1, 0.15) is 20.1 Å². The summed E-state index contributed by atoms with van der Waals surface area (Å²) in [5.74, 6) is -0.925. The first kappa shape index (κ1) is 22.9. The third-order valence-corrected chi connectivity index (χ3v) is 5.98. The average Bonchev–Trinajstić information content (AvgIpc) is 3.44. The molecule has 1 amide bonds. The molecular weight excluding hydrogens is 514 g/mol. The topological polar surface area (TPSA) is 150 Å². The van der Waals surface area contributed by atoms with Gasteiger partial charge in [-0.25, -0.2) is 4.98 Å². The van der Waals surface area contributed by atoms with Crippen molar-refractivity contribution < 1.29 is 28.8 Å². The van der Waals surface area contributed by atoms with Crippen LogP contribution in [-0.2, 0) is 19.0 Å². The number of hydrogen-bond acceptors (Lipinski definition) is 9. The number of aromatic amines is 1. The maximum Gasteiger partial charge on any atom is 0.280 e. The highest BCUT2D eigenvalue weighted by molar-refractivity contribution is 9.10. The molecule has 3 N–H and O–H groups in total. The van der Waals surface area contributed by atoms with E-state index in [2.05, 4.69) is 36.2 Å². The third-order valence-electron chi connectivity index (χ3n) is 5.45. The van der Waals surface area contributed by atoms with E-state index in [1.165, 1.54) is 10.9 Å². The molecule has 12 nitrogen and oxygen atoms in total. The smallest absolute Gasteiger partial charge is 0.280 e. The first-order valence-electron chi connectivity index (χ1n) is 10.5. The normalized spacial score (nSPS) is 25.4. The maximum atomic E-state index is 12.6. The van der Waals surface area contributed by atoms with Crippen molar-refractivity contribution in [2.24, 2.45) is 0 Å². The van der Waals surface area contributed by atoms with Crippen molar-refractivity contribution in [3.8, 4) is 5.75 Å². The van der Waals surface area contributed by atoms with E-state index in [1.807, 2.05) is 0 Å². The number of H-pyrrole nitrogens is 1. The third kappa shape index (κ3) is 4.32. The van der Waals surface area contributed by atoms with Crippen molar-refractivity contribution in [2.45, 2.75) is 44.2 Å². The molecule has 0 saturated carbocycles. The molecule has 5 rings (SSSR count). The number of aliphatic hydroxyl groups excluding tert-OH is 1. The number of carbonyl (C=O) groups excluding carboxylic acids is 1. The van der Waals surface area contributed by atoms with Crippen molar-refractivity contribution in [2.75, 3.05) is 18.5 Å². The Morgan fingerprint density at radius 3 is 2.76 bits per heavy atom. The van der Waals surface area contributed by atoms with Crippen molar-refractivity contribution >= 4 is 38.9 Å². The number of carbonyl (C=O) groups is 1. The van der Waals surface area contributed by atoms with E-state index in [0.29, 0.717) is 5.75 Å². The van der Waals surface area contributed by atoms with E-state index in [4.69, 9.17) is 18.9 Å². The quantitative estimate of drug-likeness (QED) is 0.424. The monoisotopic (exact) mass is 535 g/mol. The molecule has 3 aromatic rings. The minimum Gasteiger partial charge on any atom is -0.484 e. The fourth-order valence-electron chi connectivity index (χ4n) is 4.05. The van der Waals surface area contributed by atoms with Crippen LogP contribution in [0.4, 0.5) is 5.95 Å². The fraction of sp³-hybridized carbons (Fsp3) is 0.429. The number of ether oxygens (including phenoxy) is 4. The summed E-state index contributed by atoms with van der Waals surface area (Å²) in [7, 11) is 0. The Morgan fingerprint density at radius 2 is 2.03 bits per heavy atom. The largest absolute Gasteiger partial charge is 0.484 e. The van der Waals surface area contributed by atoms with Crippen LogP contribution in [-0.4, -0.2) is 67.8 Å². The Kier molecular flexibility index (Phi) is 5.90. The number of hydrogen-bond donors (Lipinski definition) is 3. The minimum atomic E-state index is -0.861. The Hall–Kier alpha value is -2.84. The minimum absolute atomic E-state index is 0.0647. The van der Waals surface area contributed by atoms with E-state index in [-0.39, 0.29) is 30.3 Å². The van der Waals surface area contributed by atoms with Gasteiger partial charge in [0, 0.05) is 4.47 Å². The molecule has 1 aromatic carbocycles. The first-order chi connectivity index (χ1) is 16.2. The molecule has 34 heavy (non-hydrogen) atoms. The summed E-state index contributed by atoms with van der Waals surface area (Å²) in [4.78, 5) is 35.9. The second kappa shape index (κ2) is 8.74. The van der Waals surface area contributed by atoms with Crippen LogP contribution in [0.5, 0.6) is 5.75 Å². The van der Waals surface area contributed by atoms with E-state index < -0.39 is 41.8 Å². The zero-order chi connectivity index (χ0) is 24.0. The van der Waals surface area contributed by atoms with Gasteiger partial charge >= 0.3 is 0 Å². The van der Waals surface area contributed by atoms with Gasteiger partial charge in [0.15, 0.2) is 29.8 Å². The maximum absolute atomic E-state index is 12.6. The predicted octanol–water partition coefficient (Wildman–Crippen LogP) is 1.31. The van der Waals surface area contributed by atoms with Crippen molar-refractivity contribution in [1.82, 2.24) is 19.5 Å². The SMILES string of the molecule is CC1(C)O[C@@H]2[C@@H](O1)[C@@H](n1cnc3c(=O)[nH]c(NC(=O)COc4ccc(Br)cc4)nc31)O[C@@H]2CO. The molecule has 13 heteroatoms. The number of benzene rings is 1. The lowest BCUT2D eigenvalue weighted by Crippen LogP contribution is -2.31. The molecule has 0 radical (unpaired) electrons. The van der Waals surface area contributed by atoms with E-state index in [1.54, 1.807) is 38.1 Å². The highest BCUT2D eigenvalue weighted by Crippen LogP contribution is 2.43. The summed E-state index contributed by atoms with van der Waals surface area (Å²) in [6, 6.07) is 7.01. The Labute approximate surface area is 201 Å². The van der Waals surface area contributed by atoms with Gasteiger partial charge in [-0.2, -0.15) is 4.98 Å². The van der Waals surface area contributed by atoms with Gasteiger partial charge in [0.1, 0.15) is 24.1 Å². The number of imidazole rings is 1. The summed E-state index contributed by atoms with van der Waals surface area (Å²) in [5, 5.41) is 12.3. The number of halogens is 1. The summed E-state index contributed by atoms with van der Waals surface area (Å²) >= 11 is 3.33. The molecule has 2 saturated heterocycles. The molecule has 2 aromatic heterocycles. The molecule has 0 aliphatic carbocycles. The van der Waals surface area contributed by atoms with E-state index >= 15 is 0 Å². The number of nitrogens with one attached hydrogen (secondary N) is 2. The van der Waals surface area contributed by atoms with Gasteiger partial charge in [-0.05, 0) is 38.1 Å². The molecule has 2 aliphatic rings. The van der Waals surface area contributed by atoms with Crippen molar-refractivity contribution in [1.29, 1.82) is 0 Å². The van der Waals surface area contributed by atoms with Gasteiger partial charge in [-0.3, -0.25) is 24.5 Å². The van der Waals surface area contributed by atoms with Gasteiger partial charge in [0.25, 0.3) is 11.5 Å². The standard InChI is InChI=1S/C21H22BrN5O7/c1-21(2)33-15-12(7-28)32-19(16(15)34-21)27-9-23-14-17(27)25-20(26-18(14)30)24-13(29)8-31-11-5-3-10(22)4-6-11/h3-6,9,12,15-16,19,28H,7-8H2,1-2H3,(H2,24,25,26,29,30)/t12-,15+,16-,19+/m1/s1. The second-order valence-electron chi connectivity index (χ2n) is 8.34. The molecule has 4 atom stereocenters. The van der Waals surface area contributed by atoms with Gasteiger partial charge in [0.05, 0.1) is 12.9 Å². The number of anilines is 1. The lowest BCUT2D eigenvalue weighted by molar-refractivity contribution is -0.199. The number of fused-ring (bicyclic) bond motifs is 2. The Bertz CT molecular complexity index is 1270. The number of nitrogens with zero attached hydrogens (tertiary/aromatic N) is 3. The Morgan fingerprint density at radius 1 is 1.29 bits per heavy atom. The molecule has 2 fully saturated rings. The van der Waals surface area contributed by atoms with Crippen LogP contribution >= 0.6 is 15.9 Å². The molecule has 0 spiro atoms. The highest BCUT2D eigenvalue weighted by atomic mass is 79.9. The number of aliphatic hydroxyl groups is 1. The lowest BCUT2D eigenvalue weighted by Gasteiger charge is -2.24. The summed E-state index contributed by atoms with van der Waals surface area (Å²) in [6.07, 6.45) is -1.01. The number of aromatic nitrogens is 4. The van der Waals surface area contributed by atoms with Crippen LogP contribution < -0.4 is 15.6 Å².